The van der Waals surface area contributed by atoms with Crippen LogP contribution in [0.25, 0.3) is 0 Å². The van der Waals surface area contributed by atoms with Crippen molar-refractivity contribution in [3.8, 4) is 5.75 Å². The number of nitrogens with one attached hydrogen (secondary N) is 1. The van der Waals surface area contributed by atoms with E-state index in [4.69, 9.17) is 0 Å². The van der Waals surface area contributed by atoms with E-state index in [-0.39, 0.29) is 36.0 Å². The monoisotopic (exact) mass is 488 g/mol. The van der Waals surface area contributed by atoms with Gasteiger partial charge >= 0.3 is 0 Å². The molecule has 1 fully saturated rings. The van der Waals surface area contributed by atoms with Crippen molar-refractivity contribution in [1.29, 1.82) is 0 Å². The van der Waals surface area contributed by atoms with Crippen LogP contribution < -0.4 is 10.7 Å². The zero-order chi connectivity index (χ0) is 25.3. The van der Waals surface area contributed by atoms with Crippen LogP contribution in [0.3, 0.4) is 0 Å². The summed E-state index contributed by atoms with van der Waals surface area (Å²) in [6.07, 6.45) is 5.26. The molecule has 1 aromatic heterocycles. The lowest BCUT2D eigenvalue weighted by molar-refractivity contribution is 0.0532. The third-order valence-electron chi connectivity index (χ3n) is 7.11. The SMILES string of the molecule is CN1CCn2cc(C(=O)NCc3ccc(F)cc3F)c(=O)c(O)c2C(=O)N(C)[C@H]2CCCC[C@H]2C1. The van der Waals surface area contributed by atoms with Gasteiger partial charge in [-0.2, -0.15) is 0 Å². The molecule has 0 bridgehead atoms. The molecule has 1 aromatic carbocycles. The van der Waals surface area contributed by atoms with Gasteiger partial charge in [-0.1, -0.05) is 18.9 Å². The molecule has 2 heterocycles. The van der Waals surface area contributed by atoms with Gasteiger partial charge in [-0.05, 0) is 31.9 Å². The number of aromatic hydroxyl groups is 1. The summed E-state index contributed by atoms with van der Waals surface area (Å²) in [5.74, 6) is -3.33. The van der Waals surface area contributed by atoms with Gasteiger partial charge in [-0.3, -0.25) is 14.4 Å². The van der Waals surface area contributed by atoms with Gasteiger partial charge in [-0.25, -0.2) is 8.78 Å². The largest absolute Gasteiger partial charge is 0.503 e. The van der Waals surface area contributed by atoms with E-state index < -0.39 is 34.6 Å². The molecule has 0 spiro atoms. The molecule has 188 valence electrons. The van der Waals surface area contributed by atoms with Gasteiger partial charge < -0.3 is 24.8 Å². The molecule has 35 heavy (non-hydrogen) atoms. The normalized spacial score (nSPS) is 21.3. The summed E-state index contributed by atoms with van der Waals surface area (Å²) in [4.78, 5) is 42.9. The summed E-state index contributed by atoms with van der Waals surface area (Å²) in [5.41, 5.74) is -1.43. The lowest BCUT2D eigenvalue weighted by Crippen LogP contribution is -2.49. The van der Waals surface area contributed by atoms with Crippen molar-refractivity contribution in [2.24, 2.45) is 5.92 Å². The van der Waals surface area contributed by atoms with Crippen LogP contribution >= 0.6 is 0 Å². The maximum absolute atomic E-state index is 13.9. The van der Waals surface area contributed by atoms with Gasteiger partial charge in [0.25, 0.3) is 11.8 Å². The molecule has 2 N–H and O–H groups in total. The molecular formula is C25H30F2N4O4. The van der Waals surface area contributed by atoms with Crippen LogP contribution in [0.4, 0.5) is 8.78 Å². The first-order valence-electron chi connectivity index (χ1n) is 11.8. The Balaban J connectivity index is 1.66. The fraction of sp³-hybridized carbons (Fsp3) is 0.480. The van der Waals surface area contributed by atoms with E-state index in [2.05, 4.69) is 10.2 Å². The minimum absolute atomic E-state index is 0.00617. The molecule has 8 nitrogen and oxygen atoms in total. The van der Waals surface area contributed by atoms with Crippen molar-refractivity contribution < 1.29 is 23.5 Å². The summed E-state index contributed by atoms with van der Waals surface area (Å²) in [7, 11) is 3.68. The Bertz CT molecular complexity index is 1200. The molecule has 2 aliphatic rings. The highest BCUT2D eigenvalue weighted by Gasteiger charge is 2.35. The van der Waals surface area contributed by atoms with Crippen LogP contribution in [0.2, 0.25) is 0 Å². The topological polar surface area (TPSA) is 94.9 Å². The van der Waals surface area contributed by atoms with Gasteiger partial charge in [0.2, 0.25) is 5.43 Å². The van der Waals surface area contributed by atoms with Crippen molar-refractivity contribution in [3.05, 3.63) is 63.1 Å². The first kappa shape index (κ1) is 24.8. The molecule has 4 rings (SSSR count). The maximum Gasteiger partial charge on any atom is 0.274 e. The first-order chi connectivity index (χ1) is 16.7. The van der Waals surface area contributed by atoms with E-state index in [1.807, 2.05) is 7.05 Å². The lowest BCUT2D eigenvalue weighted by Gasteiger charge is -2.41. The Hall–Kier alpha value is -3.27. The number of pyridine rings is 1. The van der Waals surface area contributed by atoms with Crippen molar-refractivity contribution in [2.75, 3.05) is 27.2 Å². The van der Waals surface area contributed by atoms with E-state index in [0.717, 1.165) is 38.3 Å². The van der Waals surface area contributed by atoms with Crippen molar-refractivity contribution >= 4 is 11.8 Å². The number of carbonyl (C=O) groups excluding carboxylic acids is 2. The zero-order valence-corrected chi connectivity index (χ0v) is 19.9. The van der Waals surface area contributed by atoms with Gasteiger partial charge in [-0.15, -0.1) is 0 Å². The Morgan fingerprint density at radius 2 is 1.89 bits per heavy atom. The predicted molar refractivity (Wildman–Crippen MR) is 125 cm³/mol. The second-order valence-electron chi connectivity index (χ2n) is 9.47. The van der Waals surface area contributed by atoms with Crippen LogP contribution in [0.1, 0.15) is 52.1 Å². The summed E-state index contributed by atoms with van der Waals surface area (Å²) in [5, 5.41) is 13.2. The fourth-order valence-corrected chi connectivity index (χ4v) is 5.15. The van der Waals surface area contributed by atoms with Gasteiger partial charge in [0.1, 0.15) is 17.2 Å². The average Bonchev–Trinajstić information content (AvgIpc) is 2.83. The Morgan fingerprint density at radius 3 is 2.63 bits per heavy atom. The lowest BCUT2D eigenvalue weighted by atomic mass is 9.83. The summed E-state index contributed by atoms with van der Waals surface area (Å²) >= 11 is 0. The average molecular weight is 489 g/mol. The second kappa shape index (κ2) is 10.2. The number of amides is 2. The van der Waals surface area contributed by atoms with Gasteiger partial charge in [0, 0.05) is 57.1 Å². The van der Waals surface area contributed by atoms with Crippen LogP contribution in [0.5, 0.6) is 5.75 Å². The number of hydrogen-bond donors (Lipinski definition) is 2. The minimum Gasteiger partial charge on any atom is -0.503 e. The Morgan fingerprint density at radius 1 is 1.14 bits per heavy atom. The fourth-order valence-electron chi connectivity index (χ4n) is 5.15. The van der Waals surface area contributed by atoms with Crippen LogP contribution in [0.15, 0.2) is 29.2 Å². The van der Waals surface area contributed by atoms with Gasteiger partial charge in [0.05, 0.1) is 0 Å². The number of nitrogens with zero attached hydrogens (tertiary/aromatic N) is 3. The number of benzene rings is 1. The number of rotatable bonds is 3. The molecule has 2 atom stereocenters. The number of fused-ring (bicyclic) bond motifs is 2. The molecule has 0 saturated heterocycles. The second-order valence-corrected chi connectivity index (χ2v) is 9.47. The van der Waals surface area contributed by atoms with Crippen LogP contribution in [-0.2, 0) is 13.1 Å². The van der Waals surface area contributed by atoms with E-state index in [1.165, 1.54) is 16.8 Å². The highest BCUT2D eigenvalue weighted by Crippen LogP contribution is 2.31. The predicted octanol–water partition coefficient (Wildman–Crippen LogP) is 2.34. The highest BCUT2D eigenvalue weighted by atomic mass is 19.1. The molecule has 0 radical (unpaired) electrons. The van der Waals surface area contributed by atoms with E-state index in [9.17, 15) is 28.3 Å². The smallest absolute Gasteiger partial charge is 0.274 e. The summed E-state index contributed by atoms with van der Waals surface area (Å²) in [6, 6.07) is 2.96. The van der Waals surface area contributed by atoms with Crippen molar-refractivity contribution in [1.82, 2.24) is 19.7 Å². The molecule has 0 unspecified atom stereocenters. The van der Waals surface area contributed by atoms with Crippen molar-refractivity contribution in [2.45, 2.75) is 44.8 Å². The standard InChI is InChI=1S/C25H30F2N4O4/c1-29-9-10-31-14-18(24(34)28-12-15-7-8-17(26)11-19(15)27)22(32)23(33)21(31)25(35)30(2)20-6-4-3-5-16(20)13-29/h7-8,11,14,16,20,33H,3-6,9-10,12-13H2,1-2H3,(H,28,34)/t16-,20-/m0/s1. The summed E-state index contributed by atoms with van der Waals surface area (Å²) < 4.78 is 28.5. The number of hydrogen-bond acceptors (Lipinski definition) is 5. The quantitative estimate of drug-likeness (QED) is 0.692. The number of likely N-dealkylation sites (N-methyl/N-ethyl adjacent to an activating group) is 1. The maximum atomic E-state index is 13.9. The summed E-state index contributed by atoms with van der Waals surface area (Å²) in [6.45, 7) is 1.38. The molecule has 1 saturated carbocycles. The molecular weight excluding hydrogens is 458 g/mol. The third-order valence-corrected chi connectivity index (χ3v) is 7.11. The zero-order valence-electron chi connectivity index (χ0n) is 19.9. The van der Waals surface area contributed by atoms with Crippen LogP contribution in [-0.4, -0.2) is 64.5 Å². The van der Waals surface area contributed by atoms with E-state index in [0.29, 0.717) is 18.5 Å². The van der Waals surface area contributed by atoms with E-state index in [1.54, 1.807) is 11.9 Å². The van der Waals surface area contributed by atoms with Crippen LogP contribution in [0, 0.1) is 17.6 Å². The molecule has 1 aliphatic heterocycles. The minimum atomic E-state index is -0.972. The molecule has 2 amide bonds. The Kier molecular flexibility index (Phi) is 7.20. The first-order valence-corrected chi connectivity index (χ1v) is 11.8. The van der Waals surface area contributed by atoms with Gasteiger partial charge in [0.15, 0.2) is 11.4 Å². The molecule has 10 heteroatoms. The molecule has 1 aliphatic carbocycles. The number of carbonyl (C=O) groups is 2. The van der Waals surface area contributed by atoms with E-state index >= 15 is 0 Å². The third kappa shape index (κ3) is 5.07. The number of halogens is 2. The highest BCUT2D eigenvalue weighted by molar-refractivity contribution is 5.98. The van der Waals surface area contributed by atoms with Crippen molar-refractivity contribution in [3.63, 3.8) is 0 Å². The number of aromatic nitrogens is 1. The Labute approximate surface area is 202 Å². The molecule has 2 aromatic rings.